The highest BCUT2D eigenvalue weighted by Crippen LogP contribution is 2.46. The second-order valence-corrected chi connectivity index (χ2v) is 50.1. The maximum atomic E-state index is 2.30. The molecule has 0 amide bonds. The first kappa shape index (κ1) is 119. The molecule has 0 fully saturated rings. The third kappa shape index (κ3) is 35.2. The van der Waals surface area contributed by atoms with E-state index >= 15 is 0 Å². The average Bonchev–Trinajstić information content (AvgIpc) is 0.790. The Morgan fingerprint density at radius 1 is 0.124 bits per heavy atom. The van der Waals surface area contributed by atoms with Gasteiger partial charge in [0, 0.05) is 78.3 Å². The molecule has 0 spiro atoms. The van der Waals surface area contributed by atoms with Crippen LogP contribution in [0.2, 0.25) is 0 Å². The van der Waals surface area contributed by atoms with Crippen LogP contribution in [0.1, 0.15) is 232 Å². The first-order chi connectivity index (χ1) is 68.2. The zero-order chi connectivity index (χ0) is 107. The standard InChI is InChI=1S/C20H26S.C19H24S.C18H22S.2C17H20S.2C16H18S.C14H14S/c1-11-9-12(2)16(6)19(15(11)5)21-20-17(7)13(3)10-14(4)18(20)8;1-11-8-14(4)18(15(5)9-11)20-19-16(6)12(2)10-13(3)17(19)7;1-11-7-13(3)17(14(4)8-11)19-18-15(5)9-12(2)10-16(18)6;1-13-5-9-15(10-6-13)18-16-11-7-14(8-12-16)17(2,3)4;1-11-6-8-16(9-7-11)18-17-14(4)12(2)10-13(3)15(17)5;1-11-5-7-15(8-6-11)17-16-13(3)9-12(2)10-14(16)4;1-11-6-5-7-15(10-11)17-16-13(3)8-12(2)9-14(16)4;1-11-3-7-13(8-4-11)15-14-9-5-12(2)6-10-14/h9-10H,1-8H3;8-10H,1-7H3;7-10H,1-6H3;5-12H,1-4H3;6-10H,1-5H3;2*5-10H,1-4H3;3-10H,1-2H3. The van der Waals surface area contributed by atoms with Crippen molar-refractivity contribution in [1.82, 2.24) is 0 Å². The van der Waals surface area contributed by atoms with Crippen LogP contribution >= 0.6 is 94.1 Å². The second kappa shape index (κ2) is 55.0. The maximum absolute atomic E-state index is 2.30. The fraction of sp³-hybridized carbons (Fsp3) is 0.299. The SMILES string of the molecule is Cc1cc(C)c(C)c(Sc2c(C)c(C)cc(C)c2C)c1C.Cc1cc(C)c(Sc2c(C)c(C)cc(C)c2C)c(C)c1.Cc1cc(C)c(Sc2c(C)cc(C)cc2C)c(C)c1.Cc1ccc(Sc2c(C)c(C)cc(C)c2C)cc1.Cc1ccc(Sc2c(C)cc(C)cc2C)cc1.Cc1ccc(Sc2ccc(C(C)(C)C)cc2)cc1.Cc1ccc(Sc2ccc(C)cc2)cc1.Cc1cccc(Sc2c(C)cc(C)cc2C)c1. The normalized spacial score (nSPS) is 10.8. The molecule has 0 aliphatic rings. The van der Waals surface area contributed by atoms with Gasteiger partial charge in [-0.1, -0.05) is 346 Å². The molecule has 0 saturated carbocycles. The number of benzene rings is 16. The Kier molecular flexibility index (Phi) is 45.1. The van der Waals surface area contributed by atoms with Gasteiger partial charge in [-0.2, -0.15) is 0 Å². The van der Waals surface area contributed by atoms with Gasteiger partial charge < -0.3 is 0 Å². The molecule has 0 unspecified atom stereocenters. The Balaban J connectivity index is 0.000000185. The van der Waals surface area contributed by atoms with E-state index in [1.54, 1.807) is 11.8 Å². The van der Waals surface area contributed by atoms with Crippen LogP contribution in [-0.2, 0) is 5.41 Å². The highest BCUT2D eigenvalue weighted by Gasteiger charge is 2.21. The summed E-state index contributed by atoms with van der Waals surface area (Å²) in [6.07, 6.45) is 0. The lowest BCUT2D eigenvalue weighted by Gasteiger charge is -2.19. The molecule has 0 bridgehead atoms. The zero-order valence-electron chi connectivity index (χ0n) is 95.0. The molecule has 16 rings (SSSR count). The van der Waals surface area contributed by atoms with E-state index in [0.717, 1.165) is 0 Å². The summed E-state index contributed by atoms with van der Waals surface area (Å²) >= 11 is 15.0. The van der Waals surface area contributed by atoms with Crippen molar-refractivity contribution < 1.29 is 0 Å². The van der Waals surface area contributed by atoms with E-state index in [0.29, 0.717) is 0 Å². The Bertz CT molecular complexity index is 6740. The minimum absolute atomic E-state index is 0.229. The Labute approximate surface area is 912 Å². The molecule has 16 aromatic rings. The van der Waals surface area contributed by atoms with Gasteiger partial charge in [-0.3, -0.25) is 0 Å². The molecule has 0 saturated heterocycles. The highest BCUT2D eigenvalue weighted by molar-refractivity contribution is 8.01. The highest BCUT2D eigenvalue weighted by atomic mass is 32.2. The predicted octanol–water partition coefficient (Wildman–Crippen LogP) is 43.4. The van der Waals surface area contributed by atoms with Gasteiger partial charge in [0.05, 0.1) is 0 Å². The van der Waals surface area contributed by atoms with Crippen molar-refractivity contribution in [2.75, 3.05) is 0 Å². The van der Waals surface area contributed by atoms with Gasteiger partial charge >= 0.3 is 0 Å². The van der Waals surface area contributed by atoms with Crippen LogP contribution in [0.4, 0.5) is 0 Å². The molecule has 16 aromatic carbocycles. The first-order valence-corrected chi connectivity index (χ1v) is 57.4. The van der Waals surface area contributed by atoms with E-state index in [1.165, 1.54) is 290 Å². The third-order valence-electron chi connectivity index (χ3n) is 26.8. The van der Waals surface area contributed by atoms with Crippen LogP contribution in [0.25, 0.3) is 0 Å². The summed E-state index contributed by atoms with van der Waals surface area (Å²) in [5.74, 6) is 0. The van der Waals surface area contributed by atoms with Gasteiger partial charge in [0.15, 0.2) is 0 Å². The van der Waals surface area contributed by atoms with Gasteiger partial charge in [0.2, 0.25) is 0 Å². The van der Waals surface area contributed by atoms with Crippen molar-refractivity contribution in [3.05, 3.63) is 466 Å². The van der Waals surface area contributed by atoms with Gasteiger partial charge in [-0.15, -0.1) is 0 Å². The quantitative estimate of drug-likeness (QED) is 0.0927. The number of aryl methyl sites for hydroxylation is 29. The Hall–Kier alpha value is -9.68. The van der Waals surface area contributed by atoms with Crippen LogP contribution in [0.15, 0.2) is 333 Å². The predicted molar refractivity (Wildman–Crippen MR) is 650 cm³/mol. The maximum Gasteiger partial charge on any atom is 0.0186 e. The topological polar surface area (TPSA) is 0 Å². The van der Waals surface area contributed by atoms with E-state index in [9.17, 15) is 0 Å². The van der Waals surface area contributed by atoms with Crippen LogP contribution < -0.4 is 0 Å². The number of hydrogen-bond acceptors (Lipinski definition) is 8. The average molecular weight is 2070 g/mol. The molecule has 8 heteroatoms. The molecule has 0 atom stereocenters. The minimum atomic E-state index is 0.229. The molecular weight excluding hydrogens is 1900 g/mol. The van der Waals surface area contributed by atoms with Crippen LogP contribution in [0, 0.1) is 256 Å². The molecule has 0 N–H and O–H groups in total. The monoisotopic (exact) mass is 2060 g/mol. The fourth-order valence-corrected chi connectivity index (χ4v) is 26.2. The lowest BCUT2D eigenvalue weighted by Crippen LogP contribution is -2.10. The van der Waals surface area contributed by atoms with E-state index in [4.69, 9.17) is 0 Å². The second-order valence-electron chi connectivity index (χ2n) is 41.5. The smallest absolute Gasteiger partial charge is 0.0186 e. The molecule has 145 heavy (non-hydrogen) atoms. The third-order valence-corrected chi connectivity index (χ3v) is 37.8. The summed E-state index contributed by atoms with van der Waals surface area (Å²) < 4.78 is 0. The molecule has 0 aromatic heterocycles. The lowest BCUT2D eigenvalue weighted by molar-refractivity contribution is 0.590. The summed E-state index contributed by atoms with van der Waals surface area (Å²) in [5, 5.41) is 0. The molecule has 0 aliphatic heterocycles. The van der Waals surface area contributed by atoms with Gasteiger partial charge in [0.25, 0.3) is 0 Å². The van der Waals surface area contributed by atoms with Crippen molar-refractivity contribution in [3.63, 3.8) is 0 Å². The van der Waals surface area contributed by atoms with Crippen molar-refractivity contribution in [3.8, 4) is 0 Å². The van der Waals surface area contributed by atoms with Gasteiger partial charge in [-0.25, -0.2) is 0 Å². The number of rotatable bonds is 16. The Morgan fingerprint density at radius 2 is 0.290 bits per heavy atom. The van der Waals surface area contributed by atoms with Crippen molar-refractivity contribution in [1.29, 1.82) is 0 Å². The molecule has 0 aliphatic carbocycles. The van der Waals surface area contributed by atoms with E-state index in [1.807, 2.05) is 82.3 Å². The molecule has 0 nitrogen and oxygen atoms in total. The van der Waals surface area contributed by atoms with Gasteiger partial charge in [0.1, 0.15) is 0 Å². The molecule has 0 radical (unpaired) electrons. The van der Waals surface area contributed by atoms with Crippen LogP contribution in [-0.4, -0.2) is 0 Å². The molecular formula is C137H162S8. The fourth-order valence-electron chi connectivity index (χ4n) is 17.6. The van der Waals surface area contributed by atoms with E-state index < -0.39 is 0 Å². The summed E-state index contributed by atoms with van der Waals surface area (Å²) in [6.45, 7) is 87.9. The van der Waals surface area contributed by atoms with Gasteiger partial charge in [-0.05, 0) is 497 Å². The van der Waals surface area contributed by atoms with Crippen LogP contribution in [0.3, 0.4) is 0 Å². The largest absolute Gasteiger partial charge is 0.0901 e. The van der Waals surface area contributed by atoms with E-state index in [-0.39, 0.29) is 5.41 Å². The summed E-state index contributed by atoms with van der Waals surface area (Å²) in [6, 6.07) is 92.8. The zero-order valence-corrected chi connectivity index (χ0v) is 102. The van der Waals surface area contributed by atoms with E-state index in [2.05, 4.69) is 532 Å². The Morgan fingerprint density at radius 3 is 0.497 bits per heavy atom. The molecule has 0 heterocycles. The first-order valence-electron chi connectivity index (χ1n) is 50.8. The van der Waals surface area contributed by atoms with Crippen molar-refractivity contribution in [2.24, 2.45) is 0 Å². The number of hydrogen-bond donors (Lipinski definition) is 0. The van der Waals surface area contributed by atoms with Crippen molar-refractivity contribution in [2.45, 2.75) is 361 Å². The summed E-state index contributed by atoms with van der Waals surface area (Å²) in [5.41, 5.74) is 52.3. The van der Waals surface area contributed by atoms with Crippen LogP contribution in [0.5, 0.6) is 0 Å². The summed E-state index contributed by atoms with van der Waals surface area (Å²) in [4.78, 5) is 21.8. The minimum Gasteiger partial charge on any atom is -0.0901 e. The lowest BCUT2D eigenvalue weighted by atomic mass is 9.87. The molecule has 758 valence electrons. The summed E-state index contributed by atoms with van der Waals surface area (Å²) in [7, 11) is 0. The van der Waals surface area contributed by atoms with Crippen molar-refractivity contribution >= 4 is 94.1 Å².